The fourth-order valence-corrected chi connectivity index (χ4v) is 6.66. The number of nitrogens with two attached hydrogens (primary N) is 1. The quantitative estimate of drug-likeness (QED) is 0.325. The lowest BCUT2D eigenvalue weighted by atomic mass is 10.0. The van der Waals surface area contributed by atoms with Gasteiger partial charge in [0.1, 0.15) is 18.9 Å². The predicted molar refractivity (Wildman–Crippen MR) is 147 cm³/mol. The maximum absolute atomic E-state index is 13.4. The normalized spacial score (nSPS) is 15.4. The average Bonchev–Trinajstić information content (AvgIpc) is 3.05. The summed E-state index contributed by atoms with van der Waals surface area (Å²) in [5, 5.41) is 0. The topological polar surface area (TPSA) is 92.9 Å². The van der Waals surface area contributed by atoms with Gasteiger partial charge < -0.3 is 10.5 Å². The predicted octanol–water partition coefficient (Wildman–Crippen LogP) is 4.67. The van der Waals surface area contributed by atoms with Gasteiger partial charge in [0.05, 0.1) is 5.69 Å². The van der Waals surface area contributed by atoms with E-state index in [1.807, 2.05) is 66.7 Å². The van der Waals surface area contributed by atoms with Gasteiger partial charge in [0.15, 0.2) is 0 Å². The molecule has 0 saturated carbocycles. The Morgan fingerprint density at radius 2 is 1.64 bits per heavy atom. The van der Waals surface area contributed by atoms with Crippen LogP contribution in [0.5, 0.6) is 5.75 Å². The van der Waals surface area contributed by atoms with Crippen molar-refractivity contribution in [2.24, 2.45) is 0 Å². The second kappa shape index (κ2) is 10.4. The molecule has 9 heteroatoms. The average molecular weight is 524 g/mol. The van der Waals surface area contributed by atoms with E-state index in [1.54, 1.807) is 6.07 Å². The first-order valence-corrected chi connectivity index (χ1v) is 17.1. The molecule has 3 aromatic carbocycles. The molecule has 1 heterocycles. The van der Waals surface area contributed by atoms with Crippen LogP contribution in [0, 0.1) is 0 Å². The summed E-state index contributed by atoms with van der Waals surface area (Å²) >= 11 is 0. The summed E-state index contributed by atoms with van der Waals surface area (Å²) in [5.41, 5.74) is 10.0. The van der Waals surface area contributed by atoms with E-state index in [0.29, 0.717) is 29.6 Å². The number of ether oxygens (including phenoxy) is 1. The number of anilines is 2. The number of rotatable bonds is 9. The number of amides is 1. The molecule has 0 aliphatic carbocycles. The smallest absolute Gasteiger partial charge is 0.329 e. The molecule has 0 unspecified atom stereocenters. The van der Waals surface area contributed by atoms with Crippen molar-refractivity contribution in [1.82, 2.24) is 4.31 Å². The molecule has 4 rings (SSSR count). The minimum Gasteiger partial charge on any atom is -0.487 e. The van der Waals surface area contributed by atoms with Gasteiger partial charge in [-0.1, -0.05) is 74.2 Å². The van der Waals surface area contributed by atoms with E-state index in [2.05, 4.69) is 19.6 Å². The second-order valence-corrected chi connectivity index (χ2v) is 17.6. The van der Waals surface area contributed by atoms with Crippen molar-refractivity contribution < 1.29 is 17.9 Å². The third-order valence-corrected chi connectivity index (χ3v) is 9.71. The molecule has 190 valence electrons. The number of hydrogen-bond acceptors (Lipinski definition) is 5. The maximum atomic E-state index is 13.4. The Balaban J connectivity index is 1.66. The zero-order valence-corrected chi connectivity index (χ0v) is 22.8. The highest BCUT2D eigenvalue weighted by molar-refractivity contribution is 7.91. The fourth-order valence-electron chi connectivity index (χ4n) is 4.06. The van der Waals surface area contributed by atoms with Gasteiger partial charge in [0, 0.05) is 20.3 Å². The van der Waals surface area contributed by atoms with Crippen LogP contribution in [0.3, 0.4) is 0 Å². The maximum Gasteiger partial charge on any atom is 0.329 e. The van der Waals surface area contributed by atoms with Crippen molar-refractivity contribution in [1.29, 1.82) is 0 Å². The van der Waals surface area contributed by atoms with Gasteiger partial charge in [-0.25, -0.2) is 8.61 Å². The Hall–Kier alpha value is -3.30. The van der Waals surface area contributed by atoms with E-state index >= 15 is 0 Å². The summed E-state index contributed by atoms with van der Waals surface area (Å²) < 4.78 is 35.2. The number of nitrogens with zero attached hydrogens (tertiary/aromatic N) is 2. The number of hydrogen-bond donors (Lipinski definition) is 1. The van der Waals surface area contributed by atoms with Crippen LogP contribution in [-0.4, -0.2) is 39.8 Å². The summed E-state index contributed by atoms with van der Waals surface area (Å²) in [6, 6.07) is 23.5. The third kappa shape index (κ3) is 5.91. The van der Waals surface area contributed by atoms with Gasteiger partial charge in [0.2, 0.25) is 0 Å². The van der Waals surface area contributed by atoms with Crippen molar-refractivity contribution in [2.45, 2.75) is 38.7 Å². The van der Waals surface area contributed by atoms with Gasteiger partial charge >= 0.3 is 10.2 Å². The lowest BCUT2D eigenvalue weighted by molar-refractivity contribution is -0.123. The van der Waals surface area contributed by atoms with Gasteiger partial charge in [-0.2, -0.15) is 8.42 Å². The summed E-state index contributed by atoms with van der Waals surface area (Å²) in [6.45, 7) is 6.72. The Bertz CT molecular complexity index is 1340. The molecule has 7 nitrogen and oxygen atoms in total. The van der Waals surface area contributed by atoms with Crippen molar-refractivity contribution in [3.05, 3.63) is 89.5 Å². The molecular formula is C27H33N3O4SSi. The highest BCUT2D eigenvalue weighted by Gasteiger charge is 2.43. The van der Waals surface area contributed by atoms with E-state index in [-0.39, 0.29) is 19.7 Å². The zero-order valence-electron chi connectivity index (χ0n) is 21.0. The zero-order chi connectivity index (χ0) is 25.9. The number of carbonyl (C=O) groups is 1. The second-order valence-electron chi connectivity index (χ2n) is 10.2. The molecule has 1 saturated heterocycles. The molecule has 1 aliphatic rings. The van der Waals surface area contributed by atoms with E-state index in [9.17, 15) is 13.2 Å². The van der Waals surface area contributed by atoms with Gasteiger partial charge in [-0.05, 0) is 47.4 Å². The highest BCUT2D eigenvalue weighted by atomic mass is 32.2. The first kappa shape index (κ1) is 25.8. The van der Waals surface area contributed by atoms with Crippen molar-refractivity contribution in [3.63, 3.8) is 0 Å². The van der Waals surface area contributed by atoms with Crippen LogP contribution in [0.2, 0.25) is 25.7 Å². The largest absolute Gasteiger partial charge is 0.487 e. The molecule has 2 N–H and O–H groups in total. The lowest BCUT2D eigenvalue weighted by Gasteiger charge is -2.24. The molecule has 1 amide bonds. The molecule has 0 atom stereocenters. The molecule has 36 heavy (non-hydrogen) atoms. The van der Waals surface area contributed by atoms with E-state index < -0.39 is 24.2 Å². The standard InChI is InChI=1S/C27H33N3O4SSi/c1-36(2,3)16-15-29-27(31)19-30(35(29,32)33)25-14-13-22(17-23-11-7-8-12-24(23)28)18-26(25)34-20-21-9-5-4-6-10-21/h4-14,18H,15-17,19-20,28H2,1-3H3. The summed E-state index contributed by atoms with van der Waals surface area (Å²) in [6.07, 6.45) is 0.572. The molecule has 0 bridgehead atoms. The van der Waals surface area contributed by atoms with E-state index in [1.165, 1.54) is 4.31 Å². The van der Waals surface area contributed by atoms with Crippen LogP contribution in [0.15, 0.2) is 72.8 Å². The number of para-hydroxylation sites is 1. The SMILES string of the molecule is C[Si](C)(C)CCN1C(=O)CN(c2ccc(Cc3ccccc3N)cc2OCc2ccccc2)S1(=O)=O. The highest BCUT2D eigenvalue weighted by Crippen LogP contribution is 2.36. The minimum absolute atomic E-state index is 0.207. The van der Waals surface area contributed by atoms with Crippen LogP contribution < -0.4 is 14.8 Å². The Kier molecular flexibility index (Phi) is 7.42. The van der Waals surface area contributed by atoms with E-state index in [0.717, 1.165) is 21.0 Å². The van der Waals surface area contributed by atoms with Gasteiger partial charge in [0.25, 0.3) is 5.91 Å². The number of benzene rings is 3. The minimum atomic E-state index is -4.00. The van der Waals surface area contributed by atoms with Crippen LogP contribution in [-0.2, 0) is 28.0 Å². The Labute approximate surface area is 214 Å². The molecule has 0 radical (unpaired) electrons. The van der Waals surface area contributed by atoms with Crippen molar-refractivity contribution in [3.8, 4) is 5.75 Å². The summed E-state index contributed by atoms with van der Waals surface area (Å²) in [5.74, 6) is -0.00216. The molecular weight excluding hydrogens is 490 g/mol. The molecule has 1 fully saturated rings. The number of nitrogen functional groups attached to an aromatic ring is 1. The van der Waals surface area contributed by atoms with E-state index in [4.69, 9.17) is 10.5 Å². The molecule has 1 aliphatic heterocycles. The van der Waals surface area contributed by atoms with Crippen molar-refractivity contribution in [2.75, 3.05) is 23.1 Å². The Morgan fingerprint density at radius 1 is 0.944 bits per heavy atom. The molecule has 0 spiro atoms. The van der Waals surface area contributed by atoms with Gasteiger partial charge in [-0.15, -0.1) is 0 Å². The van der Waals surface area contributed by atoms with Crippen LogP contribution in [0.4, 0.5) is 11.4 Å². The molecule has 0 aromatic heterocycles. The third-order valence-electron chi connectivity index (χ3n) is 6.16. The molecule has 3 aromatic rings. The first-order valence-electron chi connectivity index (χ1n) is 12.0. The monoisotopic (exact) mass is 523 g/mol. The Morgan fingerprint density at radius 3 is 2.33 bits per heavy atom. The van der Waals surface area contributed by atoms with Crippen LogP contribution >= 0.6 is 0 Å². The summed E-state index contributed by atoms with van der Waals surface area (Å²) in [4.78, 5) is 12.8. The lowest BCUT2D eigenvalue weighted by Crippen LogP contribution is -2.37. The van der Waals surface area contributed by atoms with Crippen molar-refractivity contribution >= 4 is 35.6 Å². The van der Waals surface area contributed by atoms with Gasteiger partial charge in [-0.3, -0.25) is 4.79 Å². The van der Waals surface area contributed by atoms with Crippen LogP contribution in [0.25, 0.3) is 0 Å². The summed E-state index contributed by atoms with van der Waals surface area (Å²) in [7, 11) is -5.54. The first-order chi connectivity index (χ1) is 17.0. The fraction of sp³-hybridized carbons (Fsp3) is 0.296. The van der Waals surface area contributed by atoms with Crippen LogP contribution in [0.1, 0.15) is 16.7 Å². The number of carbonyl (C=O) groups excluding carboxylic acids is 1.